The van der Waals surface area contributed by atoms with Gasteiger partial charge in [0.15, 0.2) is 5.69 Å². The van der Waals surface area contributed by atoms with Gasteiger partial charge in [0.2, 0.25) is 5.91 Å². The molecule has 0 bridgehead atoms. The molecule has 0 spiro atoms. The number of carbonyl (C=O) groups is 2. The van der Waals surface area contributed by atoms with E-state index in [1.165, 1.54) is 6.20 Å². The Morgan fingerprint density at radius 3 is 2.39 bits per heavy atom. The van der Waals surface area contributed by atoms with E-state index in [2.05, 4.69) is 9.97 Å². The number of aliphatic hydroxyl groups excluding tert-OH is 1. The molecule has 1 heterocycles. The van der Waals surface area contributed by atoms with Crippen molar-refractivity contribution in [1.82, 2.24) is 9.97 Å². The van der Waals surface area contributed by atoms with E-state index in [4.69, 9.17) is 10.5 Å². The Bertz CT molecular complexity index is 1130. The van der Waals surface area contributed by atoms with Gasteiger partial charge in [-0.25, -0.2) is 9.78 Å². The zero-order valence-corrected chi connectivity index (χ0v) is 18.8. The summed E-state index contributed by atoms with van der Waals surface area (Å²) in [5.74, 6) is -1.77. The van der Waals surface area contributed by atoms with Crippen LogP contribution in [0, 0.1) is 5.92 Å². The van der Waals surface area contributed by atoms with Gasteiger partial charge in [-0.05, 0) is 44.4 Å². The van der Waals surface area contributed by atoms with Crippen molar-refractivity contribution in [2.75, 3.05) is 0 Å². The number of rotatable bonds is 10. The van der Waals surface area contributed by atoms with Crippen LogP contribution in [0.5, 0.6) is 0 Å². The summed E-state index contributed by atoms with van der Waals surface area (Å²) >= 11 is 0. The van der Waals surface area contributed by atoms with Crippen molar-refractivity contribution in [2.45, 2.75) is 45.3 Å². The van der Waals surface area contributed by atoms with E-state index >= 15 is 0 Å². The van der Waals surface area contributed by atoms with Gasteiger partial charge in [-0.3, -0.25) is 9.78 Å². The van der Waals surface area contributed by atoms with Crippen LogP contribution in [-0.2, 0) is 16.0 Å². The Balaban J connectivity index is 1.80. The molecule has 3 N–H and O–H groups in total. The van der Waals surface area contributed by atoms with Crippen LogP contribution in [-0.4, -0.2) is 39.2 Å². The van der Waals surface area contributed by atoms with Crippen molar-refractivity contribution < 1.29 is 19.4 Å². The largest absolute Gasteiger partial charge is 0.454 e. The number of esters is 1. The maximum absolute atomic E-state index is 12.9. The number of carbonyl (C=O) groups excluding carboxylic acids is 2. The van der Waals surface area contributed by atoms with Crippen LogP contribution in [0.25, 0.3) is 11.0 Å². The molecule has 3 rings (SSSR count). The highest BCUT2D eigenvalue weighted by Crippen LogP contribution is 2.20. The van der Waals surface area contributed by atoms with E-state index < -0.39 is 30.0 Å². The molecule has 172 valence electrons. The number of primary amides is 1. The predicted molar refractivity (Wildman–Crippen MR) is 126 cm³/mol. The number of para-hydroxylation sites is 2. The Morgan fingerprint density at radius 2 is 1.73 bits per heavy atom. The second kappa shape index (κ2) is 11.3. The van der Waals surface area contributed by atoms with Crippen molar-refractivity contribution in [3.05, 3.63) is 83.7 Å². The number of aliphatic hydroxyl groups is 1. The van der Waals surface area contributed by atoms with Gasteiger partial charge < -0.3 is 15.6 Å². The molecule has 33 heavy (non-hydrogen) atoms. The minimum absolute atomic E-state index is 0.0509. The summed E-state index contributed by atoms with van der Waals surface area (Å²) in [5, 5.41) is 11.0. The van der Waals surface area contributed by atoms with E-state index in [0.29, 0.717) is 17.5 Å². The predicted octanol–water partition coefficient (Wildman–Crippen LogP) is 3.61. The summed E-state index contributed by atoms with van der Waals surface area (Å²) in [6, 6.07) is 16.6. The quantitative estimate of drug-likeness (QED) is 0.362. The molecule has 7 nitrogen and oxygen atoms in total. The molecular weight excluding hydrogens is 418 g/mol. The Kier molecular flexibility index (Phi) is 8.27. The van der Waals surface area contributed by atoms with Crippen LogP contribution in [0.15, 0.2) is 72.4 Å². The van der Waals surface area contributed by atoms with Gasteiger partial charge in [-0.1, -0.05) is 54.1 Å². The smallest absolute Gasteiger partial charge is 0.358 e. The minimum atomic E-state index is -1.09. The fourth-order valence-corrected chi connectivity index (χ4v) is 3.51. The highest BCUT2D eigenvalue weighted by molar-refractivity contribution is 5.89. The topological polar surface area (TPSA) is 115 Å². The number of fused-ring (bicyclic) bond motifs is 1. The lowest BCUT2D eigenvalue weighted by Crippen LogP contribution is -2.37. The van der Waals surface area contributed by atoms with E-state index in [9.17, 15) is 14.7 Å². The molecule has 3 aromatic rings. The van der Waals surface area contributed by atoms with Crippen LogP contribution < -0.4 is 5.73 Å². The molecule has 0 saturated carbocycles. The third-order valence-corrected chi connectivity index (χ3v) is 5.36. The summed E-state index contributed by atoms with van der Waals surface area (Å²) < 4.78 is 5.70. The number of nitrogens with two attached hydrogens (primary N) is 1. The highest BCUT2D eigenvalue weighted by atomic mass is 16.6. The fraction of sp³-hybridized carbons (Fsp3) is 0.308. The number of benzene rings is 2. The van der Waals surface area contributed by atoms with Gasteiger partial charge in [0.25, 0.3) is 0 Å². The first-order valence-electron chi connectivity index (χ1n) is 10.9. The number of ether oxygens (including phenoxy) is 1. The first-order valence-corrected chi connectivity index (χ1v) is 10.9. The number of aromatic nitrogens is 2. The van der Waals surface area contributed by atoms with E-state index in [0.717, 1.165) is 11.1 Å². The Hall–Kier alpha value is -3.58. The number of amides is 1. The lowest BCUT2D eigenvalue weighted by atomic mass is 9.91. The molecule has 0 unspecified atom stereocenters. The van der Waals surface area contributed by atoms with Crippen molar-refractivity contribution >= 4 is 22.9 Å². The summed E-state index contributed by atoms with van der Waals surface area (Å²) in [6.45, 7) is 3.86. The summed E-state index contributed by atoms with van der Waals surface area (Å²) in [7, 11) is 0. The Labute approximate surface area is 193 Å². The number of hydrogen-bond acceptors (Lipinski definition) is 6. The van der Waals surface area contributed by atoms with Crippen LogP contribution in [0.3, 0.4) is 0 Å². The van der Waals surface area contributed by atoms with E-state index in [-0.39, 0.29) is 18.5 Å². The molecule has 7 heteroatoms. The van der Waals surface area contributed by atoms with Crippen molar-refractivity contribution in [1.29, 1.82) is 0 Å². The zero-order chi connectivity index (χ0) is 23.8. The standard InChI is InChI=1S/C26H29N3O4/c1-17(2)12-13-19(25(27)31)15-23(30)24(14-18-8-4-3-5-9-18)33-26(32)22-16-28-20-10-6-7-11-21(20)29-22/h3-12,16,19,23-24,30H,13-15H2,1-2H3,(H2,27,31)/t19-,23+,24+/m1/s1. The first kappa shape index (κ1) is 24.1. The van der Waals surface area contributed by atoms with Crippen LogP contribution in [0.1, 0.15) is 42.7 Å². The fourth-order valence-electron chi connectivity index (χ4n) is 3.51. The maximum atomic E-state index is 12.9. The maximum Gasteiger partial charge on any atom is 0.358 e. The Morgan fingerprint density at radius 1 is 1.06 bits per heavy atom. The third-order valence-electron chi connectivity index (χ3n) is 5.36. The normalized spacial score (nSPS) is 13.7. The summed E-state index contributed by atoms with van der Waals surface area (Å²) in [5.41, 5.74) is 8.79. The van der Waals surface area contributed by atoms with Crippen molar-refractivity contribution in [3.8, 4) is 0 Å². The zero-order valence-electron chi connectivity index (χ0n) is 18.8. The van der Waals surface area contributed by atoms with Crippen LogP contribution in [0.2, 0.25) is 0 Å². The molecule has 0 radical (unpaired) electrons. The van der Waals surface area contributed by atoms with Crippen LogP contribution >= 0.6 is 0 Å². The van der Waals surface area contributed by atoms with Gasteiger partial charge >= 0.3 is 5.97 Å². The van der Waals surface area contributed by atoms with Gasteiger partial charge in [0, 0.05) is 12.3 Å². The number of nitrogens with zero attached hydrogens (tertiary/aromatic N) is 2. The molecule has 2 aromatic carbocycles. The number of allylic oxidation sites excluding steroid dienone is 2. The lowest BCUT2D eigenvalue weighted by Gasteiger charge is -2.25. The molecule has 0 aliphatic rings. The van der Waals surface area contributed by atoms with Crippen molar-refractivity contribution in [3.63, 3.8) is 0 Å². The van der Waals surface area contributed by atoms with E-state index in [1.807, 2.05) is 62.4 Å². The molecule has 0 saturated heterocycles. The van der Waals surface area contributed by atoms with Gasteiger partial charge in [0.05, 0.1) is 23.3 Å². The summed E-state index contributed by atoms with van der Waals surface area (Å²) in [4.78, 5) is 33.4. The third kappa shape index (κ3) is 6.95. The van der Waals surface area contributed by atoms with Gasteiger partial charge in [-0.15, -0.1) is 0 Å². The van der Waals surface area contributed by atoms with Gasteiger partial charge in [-0.2, -0.15) is 0 Å². The highest BCUT2D eigenvalue weighted by Gasteiger charge is 2.29. The second-order valence-corrected chi connectivity index (χ2v) is 8.30. The molecule has 1 amide bonds. The monoisotopic (exact) mass is 447 g/mol. The molecule has 0 fully saturated rings. The average Bonchev–Trinajstić information content (AvgIpc) is 2.81. The van der Waals surface area contributed by atoms with E-state index in [1.54, 1.807) is 12.1 Å². The van der Waals surface area contributed by atoms with Gasteiger partial charge in [0.1, 0.15) is 6.10 Å². The second-order valence-electron chi connectivity index (χ2n) is 8.30. The lowest BCUT2D eigenvalue weighted by molar-refractivity contribution is -0.123. The molecule has 3 atom stereocenters. The average molecular weight is 448 g/mol. The first-order chi connectivity index (χ1) is 15.8. The molecule has 1 aromatic heterocycles. The molecular formula is C26H29N3O4. The SMILES string of the molecule is CC(C)=CC[C@H](C[C@H](O)[C@H](Cc1ccccc1)OC(=O)c1cnc2ccccc2n1)C(N)=O. The van der Waals surface area contributed by atoms with Crippen molar-refractivity contribution in [2.24, 2.45) is 11.7 Å². The summed E-state index contributed by atoms with van der Waals surface area (Å²) in [6.07, 6.45) is 2.06. The molecule has 0 aliphatic heterocycles. The number of hydrogen-bond donors (Lipinski definition) is 2. The van der Waals surface area contributed by atoms with Crippen LogP contribution in [0.4, 0.5) is 0 Å². The minimum Gasteiger partial charge on any atom is -0.454 e. The molecule has 0 aliphatic carbocycles.